The molecule has 0 radical (unpaired) electrons. The molecule has 33 heavy (non-hydrogen) atoms. The number of fused-ring (bicyclic) bond motifs is 1. The Balaban J connectivity index is 1.57. The molecule has 174 valence electrons. The predicted molar refractivity (Wildman–Crippen MR) is 129 cm³/mol. The Morgan fingerprint density at radius 1 is 1.06 bits per heavy atom. The Morgan fingerprint density at radius 3 is 2.52 bits per heavy atom. The number of ether oxygens (including phenoxy) is 3. The number of carbonyl (C=O) groups excluding carboxylic acids is 1. The van der Waals surface area contributed by atoms with E-state index in [1.54, 1.807) is 14.2 Å². The summed E-state index contributed by atoms with van der Waals surface area (Å²) in [6.45, 7) is 7.28. The molecular weight excluding hydrogens is 418 g/mol. The van der Waals surface area contributed by atoms with Crippen molar-refractivity contribution in [2.24, 2.45) is 0 Å². The van der Waals surface area contributed by atoms with Gasteiger partial charge in [-0.05, 0) is 44.2 Å². The van der Waals surface area contributed by atoms with Crippen LogP contribution in [0.2, 0.25) is 0 Å². The molecule has 1 N–H and O–H groups in total. The minimum absolute atomic E-state index is 0.107. The Labute approximate surface area is 194 Å². The second kappa shape index (κ2) is 10.2. The van der Waals surface area contributed by atoms with Crippen LogP contribution in [0, 0.1) is 0 Å². The van der Waals surface area contributed by atoms with Gasteiger partial charge in [-0.1, -0.05) is 18.2 Å². The zero-order chi connectivity index (χ0) is 23.4. The van der Waals surface area contributed by atoms with Gasteiger partial charge in [-0.15, -0.1) is 0 Å². The SMILES string of the molecule is COc1ccc(-c2cc(C(=O)NCCN3CC(C)OC(C)C3)c3ccccc3n2)cc1OC. The fraction of sp³-hybridized carbons (Fsp3) is 0.385. The van der Waals surface area contributed by atoms with Gasteiger partial charge in [-0.3, -0.25) is 9.69 Å². The van der Waals surface area contributed by atoms with Crippen molar-refractivity contribution in [3.63, 3.8) is 0 Å². The molecule has 1 aliphatic rings. The molecule has 2 unspecified atom stereocenters. The van der Waals surface area contributed by atoms with Crippen molar-refractivity contribution in [1.82, 2.24) is 15.2 Å². The lowest BCUT2D eigenvalue weighted by molar-refractivity contribution is -0.0672. The first-order valence-electron chi connectivity index (χ1n) is 11.3. The number of hydrogen-bond acceptors (Lipinski definition) is 6. The number of morpholine rings is 1. The predicted octanol–water partition coefficient (Wildman–Crippen LogP) is 3.76. The van der Waals surface area contributed by atoms with Crippen LogP contribution in [0.1, 0.15) is 24.2 Å². The maximum atomic E-state index is 13.2. The van der Waals surface area contributed by atoms with Crippen LogP contribution in [0.3, 0.4) is 0 Å². The Bertz CT molecular complexity index is 1120. The van der Waals surface area contributed by atoms with Gasteiger partial charge in [0, 0.05) is 37.1 Å². The summed E-state index contributed by atoms with van der Waals surface area (Å²) < 4.78 is 16.6. The van der Waals surface area contributed by atoms with Crippen molar-refractivity contribution >= 4 is 16.8 Å². The molecule has 7 heteroatoms. The third-order valence-electron chi connectivity index (χ3n) is 5.85. The van der Waals surface area contributed by atoms with Crippen molar-refractivity contribution < 1.29 is 19.0 Å². The number of hydrogen-bond donors (Lipinski definition) is 1. The zero-order valence-electron chi connectivity index (χ0n) is 19.6. The molecule has 4 rings (SSSR count). The summed E-state index contributed by atoms with van der Waals surface area (Å²) in [5.74, 6) is 1.15. The summed E-state index contributed by atoms with van der Waals surface area (Å²) in [7, 11) is 3.21. The number of pyridine rings is 1. The van der Waals surface area contributed by atoms with E-state index < -0.39 is 0 Å². The van der Waals surface area contributed by atoms with Crippen LogP contribution in [0.15, 0.2) is 48.5 Å². The number of rotatable bonds is 7. The van der Waals surface area contributed by atoms with E-state index in [-0.39, 0.29) is 18.1 Å². The highest BCUT2D eigenvalue weighted by Crippen LogP contribution is 2.33. The summed E-state index contributed by atoms with van der Waals surface area (Å²) in [4.78, 5) is 20.3. The van der Waals surface area contributed by atoms with Gasteiger partial charge in [-0.25, -0.2) is 4.98 Å². The summed E-state index contributed by atoms with van der Waals surface area (Å²) in [5.41, 5.74) is 2.93. The van der Waals surface area contributed by atoms with Crippen molar-refractivity contribution in [3.8, 4) is 22.8 Å². The van der Waals surface area contributed by atoms with Crippen molar-refractivity contribution in [3.05, 3.63) is 54.1 Å². The van der Waals surface area contributed by atoms with Gasteiger partial charge in [0.05, 0.1) is 43.2 Å². The highest BCUT2D eigenvalue weighted by molar-refractivity contribution is 6.07. The highest BCUT2D eigenvalue weighted by atomic mass is 16.5. The maximum Gasteiger partial charge on any atom is 0.252 e. The molecule has 3 aromatic rings. The van der Waals surface area contributed by atoms with Crippen molar-refractivity contribution in [1.29, 1.82) is 0 Å². The third-order valence-corrected chi connectivity index (χ3v) is 5.85. The van der Waals surface area contributed by atoms with Crippen LogP contribution in [0.25, 0.3) is 22.2 Å². The molecule has 1 aliphatic heterocycles. The van der Waals surface area contributed by atoms with Crippen LogP contribution >= 0.6 is 0 Å². The van der Waals surface area contributed by atoms with Crippen molar-refractivity contribution in [2.75, 3.05) is 40.4 Å². The second-order valence-corrected chi connectivity index (χ2v) is 8.41. The normalized spacial score (nSPS) is 18.8. The number of benzene rings is 2. The number of nitrogens with one attached hydrogen (secondary N) is 1. The first-order valence-corrected chi connectivity index (χ1v) is 11.3. The monoisotopic (exact) mass is 449 g/mol. The minimum Gasteiger partial charge on any atom is -0.493 e. The third kappa shape index (κ3) is 5.26. The molecule has 2 aromatic carbocycles. The van der Waals surface area contributed by atoms with Crippen LogP contribution in [-0.2, 0) is 4.74 Å². The fourth-order valence-electron chi connectivity index (χ4n) is 4.40. The lowest BCUT2D eigenvalue weighted by Gasteiger charge is -2.35. The van der Waals surface area contributed by atoms with Gasteiger partial charge in [-0.2, -0.15) is 0 Å². The van der Waals surface area contributed by atoms with E-state index in [9.17, 15) is 4.79 Å². The van der Waals surface area contributed by atoms with Crippen LogP contribution in [0.5, 0.6) is 11.5 Å². The lowest BCUT2D eigenvalue weighted by atomic mass is 10.0. The van der Waals surface area contributed by atoms with E-state index in [2.05, 4.69) is 24.1 Å². The van der Waals surface area contributed by atoms with E-state index >= 15 is 0 Å². The first kappa shape index (κ1) is 23.0. The number of carbonyl (C=O) groups is 1. The molecular formula is C26H31N3O4. The largest absolute Gasteiger partial charge is 0.493 e. The van der Waals surface area contributed by atoms with E-state index in [0.29, 0.717) is 29.3 Å². The van der Waals surface area contributed by atoms with E-state index in [1.807, 2.05) is 48.5 Å². The van der Waals surface area contributed by atoms with E-state index in [4.69, 9.17) is 19.2 Å². The van der Waals surface area contributed by atoms with E-state index in [1.165, 1.54) is 0 Å². The summed E-state index contributed by atoms with van der Waals surface area (Å²) >= 11 is 0. The molecule has 1 amide bonds. The molecule has 0 bridgehead atoms. The van der Waals surface area contributed by atoms with Gasteiger partial charge in [0.1, 0.15) is 0 Å². The number of nitrogens with zero attached hydrogens (tertiary/aromatic N) is 2. The number of amides is 1. The summed E-state index contributed by atoms with van der Waals surface area (Å²) in [5, 5.41) is 3.92. The maximum absolute atomic E-state index is 13.2. The molecule has 0 aliphatic carbocycles. The van der Waals surface area contributed by atoms with Crippen LogP contribution in [0.4, 0.5) is 0 Å². The first-order chi connectivity index (χ1) is 16.0. The number of aromatic nitrogens is 1. The van der Waals surface area contributed by atoms with Gasteiger partial charge in [0.25, 0.3) is 5.91 Å². The topological polar surface area (TPSA) is 72.9 Å². The summed E-state index contributed by atoms with van der Waals surface area (Å²) in [6.07, 6.45) is 0.412. The standard InChI is InChI=1S/C26H31N3O4/c1-17-15-29(16-18(2)33-17)12-11-27-26(30)21-14-23(28-22-8-6-5-7-20(21)22)19-9-10-24(31-3)25(13-19)32-4/h5-10,13-14,17-18H,11-12,15-16H2,1-4H3,(H,27,30). The Morgan fingerprint density at radius 2 is 1.79 bits per heavy atom. The van der Waals surface area contributed by atoms with Gasteiger partial charge >= 0.3 is 0 Å². The van der Waals surface area contributed by atoms with Gasteiger partial charge in [0.15, 0.2) is 11.5 Å². The van der Waals surface area contributed by atoms with Crippen molar-refractivity contribution in [2.45, 2.75) is 26.1 Å². The molecule has 1 fully saturated rings. The molecule has 2 atom stereocenters. The number of para-hydroxylation sites is 1. The van der Waals surface area contributed by atoms with Gasteiger partial charge < -0.3 is 19.5 Å². The average molecular weight is 450 g/mol. The quantitative estimate of drug-likeness (QED) is 0.592. The summed E-state index contributed by atoms with van der Waals surface area (Å²) in [6, 6.07) is 15.2. The molecule has 0 saturated carbocycles. The molecule has 1 aromatic heterocycles. The molecule has 7 nitrogen and oxygen atoms in total. The lowest BCUT2D eigenvalue weighted by Crippen LogP contribution is -2.47. The zero-order valence-corrected chi connectivity index (χ0v) is 19.6. The molecule has 1 saturated heterocycles. The smallest absolute Gasteiger partial charge is 0.252 e. The minimum atomic E-state index is -0.107. The fourth-order valence-corrected chi connectivity index (χ4v) is 4.40. The molecule has 0 spiro atoms. The number of methoxy groups -OCH3 is 2. The molecule has 2 heterocycles. The Hall–Kier alpha value is -3.16. The highest BCUT2D eigenvalue weighted by Gasteiger charge is 2.22. The van der Waals surface area contributed by atoms with E-state index in [0.717, 1.165) is 36.1 Å². The Kier molecular flexibility index (Phi) is 7.11. The second-order valence-electron chi connectivity index (χ2n) is 8.41. The van der Waals surface area contributed by atoms with Crippen LogP contribution in [-0.4, -0.2) is 68.4 Å². The van der Waals surface area contributed by atoms with Gasteiger partial charge in [0.2, 0.25) is 0 Å². The van der Waals surface area contributed by atoms with Crippen LogP contribution < -0.4 is 14.8 Å². The average Bonchev–Trinajstić information content (AvgIpc) is 2.82.